The Kier molecular flexibility index (Phi) is 6.88. The zero-order valence-corrected chi connectivity index (χ0v) is 13.3. The molecule has 0 spiro atoms. The summed E-state index contributed by atoms with van der Waals surface area (Å²) in [5.41, 5.74) is 2.29. The van der Waals surface area contributed by atoms with Gasteiger partial charge in [-0.1, -0.05) is 24.0 Å². The lowest BCUT2D eigenvalue weighted by atomic mass is 10.1. The maximum atomic E-state index is 9.16. The van der Waals surface area contributed by atoms with Crippen LogP contribution >= 0.6 is 0 Å². The molecule has 4 nitrogen and oxygen atoms in total. The Morgan fingerprint density at radius 3 is 2.59 bits per heavy atom. The second kappa shape index (κ2) is 8.92. The summed E-state index contributed by atoms with van der Waals surface area (Å²) >= 11 is 0. The first-order chi connectivity index (χ1) is 10.7. The molecule has 0 unspecified atom stereocenters. The summed E-state index contributed by atoms with van der Waals surface area (Å²) in [6, 6.07) is 8.79. The third-order valence-electron chi connectivity index (χ3n) is 4.15. The fourth-order valence-corrected chi connectivity index (χ4v) is 2.79. The molecule has 1 aromatic carbocycles. The van der Waals surface area contributed by atoms with E-state index in [0.29, 0.717) is 12.5 Å². The van der Waals surface area contributed by atoms with Gasteiger partial charge in [-0.05, 0) is 31.2 Å². The van der Waals surface area contributed by atoms with Crippen LogP contribution in [-0.4, -0.2) is 66.0 Å². The van der Waals surface area contributed by atoms with Crippen molar-refractivity contribution in [1.82, 2.24) is 9.80 Å². The SMILES string of the molecule is CN1CCN(Cc2ccc(C#CCCO)cc2)C[C@H]1CCO. The number of nitrogens with zero attached hydrogens (tertiary/aromatic N) is 2. The van der Waals surface area contributed by atoms with Gasteiger partial charge in [0.25, 0.3) is 0 Å². The third kappa shape index (κ3) is 5.11. The van der Waals surface area contributed by atoms with E-state index in [1.54, 1.807) is 0 Å². The molecule has 0 radical (unpaired) electrons. The van der Waals surface area contributed by atoms with Crippen LogP contribution in [0, 0.1) is 11.8 Å². The van der Waals surface area contributed by atoms with E-state index >= 15 is 0 Å². The molecule has 0 bridgehead atoms. The van der Waals surface area contributed by atoms with Crippen LogP contribution < -0.4 is 0 Å². The van der Waals surface area contributed by atoms with Crippen LogP contribution in [0.25, 0.3) is 0 Å². The average molecular weight is 302 g/mol. The lowest BCUT2D eigenvalue weighted by molar-refractivity contribution is 0.0743. The number of aliphatic hydroxyl groups is 2. The first-order valence-electron chi connectivity index (χ1n) is 7.95. The van der Waals surface area contributed by atoms with E-state index in [9.17, 15) is 0 Å². The Morgan fingerprint density at radius 1 is 1.14 bits per heavy atom. The van der Waals surface area contributed by atoms with Crippen molar-refractivity contribution in [3.8, 4) is 11.8 Å². The molecule has 2 N–H and O–H groups in total. The molecule has 4 heteroatoms. The molecule has 0 saturated carbocycles. The molecule has 1 atom stereocenters. The quantitative estimate of drug-likeness (QED) is 0.794. The molecule has 2 rings (SSSR count). The van der Waals surface area contributed by atoms with Gasteiger partial charge < -0.3 is 15.1 Å². The van der Waals surface area contributed by atoms with Crippen molar-refractivity contribution in [3.05, 3.63) is 35.4 Å². The molecule has 1 aliphatic heterocycles. The molecule has 1 aliphatic rings. The Labute approximate surface area is 133 Å². The molecule has 22 heavy (non-hydrogen) atoms. The van der Waals surface area contributed by atoms with Crippen LogP contribution in [0.1, 0.15) is 24.0 Å². The van der Waals surface area contributed by atoms with Crippen molar-refractivity contribution in [3.63, 3.8) is 0 Å². The third-order valence-corrected chi connectivity index (χ3v) is 4.15. The molecule has 1 fully saturated rings. The molecule has 1 saturated heterocycles. The van der Waals surface area contributed by atoms with Crippen molar-refractivity contribution in [1.29, 1.82) is 0 Å². The zero-order valence-electron chi connectivity index (χ0n) is 13.3. The molecule has 1 aromatic rings. The molecule has 120 valence electrons. The second-order valence-corrected chi connectivity index (χ2v) is 5.85. The van der Waals surface area contributed by atoms with Gasteiger partial charge in [0.05, 0.1) is 6.61 Å². The van der Waals surface area contributed by atoms with Crippen molar-refractivity contribution in [2.24, 2.45) is 0 Å². The molecule has 0 aliphatic carbocycles. The highest BCUT2D eigenvalue weighted by Crippen LogP contribution is 2.14. The average Bonchev–Trinajstić information content (AvgIpc) is 2.53. The second-order valence-electron chi connectivity index (χ2n) is 5.85. The van der Waals surface area contributed by atoms with Gasteiger partial charge in [0, 0.05) is 50.8 Å². The maximum Gasteiger partial charge on any atom is 0.0540 e. The zero-order chi connectivity index (χ0) is 15.8. The summed E-state index contributed by atoms with van der Waals surface area (Å²) in [7, 11) is 2.14. The summed E-state index contributed by atoms with van der Waals surface area (Å²) in [5.74, 6) is 5.99. The maximum absolute atomic E-state index is 9.16. The van der Waals surface area contributed by atoms with Gasteiger partial charge in [0.2, 0.25) is 0 Å². The highest BCUT2D eigenvalue weighted by atomic mass is 16.3. The van der Waals surface area contributed by atoms with Gasteiger partial charge in [0.1, 0.15) is 0 Å². The predicted octanol–water partition coefficient (Wildman–Crippen LogP) is 0.919. The number of piperazine rings is 1. The molecular weight excluding hydrogens is 276 g/mol. The standard InChI is InChI=1S/C18H26N2O2/c1-19-10-11-20(15-18(19)9-13-22)14-17-7-5-16(6-8-17)4-2-3-12-21/h5-8,18,21-22H,3,9-15H2,1H3/t18-/m1/s1. The number of hydrogen-bond donors (Lipinski definition) is 2. The number of benzene rings is 1. The van der Waals surface area contributed by atoms with Crippen LogP contribution in [0.3, 0.4) is 0 Å². The predicted molar refractivity (Wildman–Crippen MR) is 88.4 cm³/mol. The Balaban J connectivity index is 1.89. The highest BCUT2D eigenvalue weighted by Gasteiger charge is 2.23. The van der Waals surface area contributed by atoms with Gasteiger partial charge in [-0.15, -0.1) is 0 Å². The van der Waals surface area contributed by atoms with Crippen LogP contribution in [0.5, 0.6) is 0 Å². The number of rotatable bonds is 5. The first kappa shape index (κ1) is 17.0. The monoisotopic (exact) mass is 302 g/mol. The summed E-state index contributed by atoms with van der Waals surface area (Å²) in [5, 5.41) is 17.9. The molecule has 0 aromatic heterocycles. The summed E-state index contributed by atoms with van der Waals surface area (Å²) in [6.45, 7) is 4.44. The highest BCUT2D eigenvalue weighted by molar-refractivity contribution is 5.36. The van der Waals surface area contributed by atoms with Gasteiger partial charge in [0.15, 0.2) is 0 Å². The van der Waals surface area contributed by atoms with Crippen molar-refractivity contribution >= 4 is 0 Å². The van der Waals surface area contributed by atoms with E-state index in [4.69, 9.17) is 10.2 Å². The topological polar surface area (TPSA) is 46.9 Å². The van der Waals surface area contributed by atoms with E-state index < -0.39 is 0 Å². The largest absolute Gasteiger partial charge is 0.396 e. The van der Waals surface area contributed by atoms with Crippen molar-refractivity contribution in [2.45, 2.75) is 25.4 Å². The van der Waals surface area contributed by atoms with Crippen molar-refractivity contribution in [2.75, 3.05) is 39.9 Å². The van der Waals surface area contributed by atoms with Crippen LogP contribution in [-0.2, 0) is 6.54 Å². The minimum Gasteiger partial charge on any atom is -0.396 e. The van der Waals surface area contributed by atoms with Crippen molar-refractivity contribution < 1.29 is 10.2 Å². The number of aliphatic hydroxyl groups excluding tert-OH is 2. The van der Waals surface area contributed by atoms with E-state index in [2.05, 4.69) is 40.8 Å². The summed E-state index contributed by atoms with van der Waals surface area (Å²) < 4.78 is 0. The van der Waals surface area contributed by atoms with Gasteiger partial charge in [-0.2, -0.15) is 0 Å². The fraction of sp³-hybridized carbons (Fsp3) is 0.556. The van der Waals surface area contributed by atoms with Crippen LogP contribution in [0.4, 0.5) is 0 Å². The van der Waals surface area contributed by atoms with E-state index in [1.807, 2.05) is 12.1 Å². The van der Waals surface area contributed by atoms with E-state index in [-0.39, 0.29) is 13.2 Å². The van der Waals surface area contributed by atoms with Gasteiger partial charge in [-0.25, -0.2) is 0 Å². The number of likely N-dealkylation sites (N-methyl/N-ethyl adjacent to an activating group) is 1. The summed E-state index contributed by atoms with van der Waals surface area (Å²) in [6.07, 6.45) is 1.36. The molecule has 1 heterocycles. The minimum atomic E-state index is 0.115. The minimum absolute atomic E-state index is 0.115. The van der Waals surface area contributed by atoms with Crippen LogP contribution in [0.15, 0.2) is 24.3 Å². The Morgan fingerprint density at radius 2 is 1.91 bits per heavy atom. The molecular formula is C18H26N2O2. The smallest absolute Gasteiger partial charge is 0.0540 e. The lowest BCUT2D eigenvalue weighted by Gasteiger charge is -2.39. The molecule has 0 amide bonds. The lowest BCUT2D eigenvalue weighted by Crippen LogP contribution is -2.51. The first-order valence-corrected chi connectivity index (χ1v) is 7.95. The van der Waals surface area contributed by atoms with E-state index in [1.165, 1.54) is 5.56 Å². The van der Waals surface area contributed by atoms with Gasteiger partial charge >= 0.3 is 0 Å². The fourth-order valence-electron chi connectivity index (χ4n) is 2.79. The summed E-state index contributed by atoms with van der Waals surface area (Å²) in [4.78, 5) is 4.79. The van der Waals surface area contributed by atoms with Gasteiger partial charge in [-0.3, -0.25) is 4.90 Å². The Bertz CT molecular complexity index is 504. The van der Waals surface area contributed by atoms with E-state index in [0.717, 1.165) is 38.2 Å². The Hall–Kier alpha value is -1.38. The van der Waals surface area contributed by atoms with Crippen LogP contribution in [0.2, 0.25) is 0 Å². The number of hydrogen-bond acceptors (Lipinski definition) is 4. The normalized spacial score (nSPS) is 19.7.